The van der Waals surface area contributed by atoms with Crippen molar-refractivity contribution in [3.63, 3.8) is 0 Å². The summed E-state index contributed by atoms with van der Waals surface area (Å²) in [5.41, 5.74) is 2.15. The minimum Gasteiger partial charge on any atom is -0.495 e. The first-order valence-electron chi connectivity index (χ1n) is 8.32. The molecule has 3 rings (SSSR count). The standard InChI is InChI=1S/C21H17Cl2NO4/c1-12-19(21(26)28-3)16(10-13-4-6-14(22)7-5-13)20(25)24(12)15-8-9-18(27-2)17(23)11-15/h4-11H,1-3H3/b16-10-. The average Bonchev–Trinajstić information content (AvgIpc) is 2.92. The van der Waals surface area contributed by atoms with Crippen LogP contribution >= 0.6 is 23.2 Å². The van der Waals surface area contributed by atoms with Gasteiger partial charge in [-0.15, -0.1) is 0 Å². The number of methoxy groups -OCH3 is 2. The van der Waals surface area contributed by atoms with Gasteiger partial charge in [0.2, 0.25) is 0 Å². The second kappa shape index (κ2) is 8.09. The molecule has 0 spiro atoms. The molecule has 0 saturated carbocycles. The van der Waals surface area contributed by atoms with Crippen molar-refractivity contribution >= 4 is 46.8 Å². The summed E-state index contributed by atoms with van der Waals surface area (Å²) in [7, 11) is 2.79. The van der Waals surface area contributed by atoms with E-state index in [0.29, 0.717) is 27.2 Å². The predicted octanol–water partition coefficient (Wildman–Crippen LogP) is 4.88. The zero-order valence-electron chi connectivity index (χ0n) is 15.5. The van der Waals surface area contributed by atoms with Crippen LogP contribution in [-0.2, 0) is 14.3 Å². The summed E-state index contributed by atoms with van der Waals surface area (Å²) in [4.78, 5) is 27.0. The molecule has 2 aromatic rings. The molecule has 144 valence electrons. The van der Waals surface area contributed by atoms with Crippen molar-refractivity contribution in [2.24, 2.45) is 0 Å². The molecule has 0 N–H and O–H groups in total. The van der Waals surface area contributed by atoms with Crippen molar-refractivity contribution in [3.05, 3.63) is 74.9 Å². The first kappa shape index (κ1) is 20.0. The van der Waals surface area contributed by atoms with E-state index >= 15 is 0 Å². The molecule has 1 amide bonds. The Kier molecular flexibility index (Phi) is 5.77. The Morgan fingerprint density at radius 2 is 1.75 bits per heavy atom. The zero-order chi connectivity index (χ0) is 20.4. The molecule has 28 heavy (non-hydrogen) atoms. The molecular weight excluding hydrogens is 401 g/mol. The molecule has 0 aromatic heterocycles. The van der Waals surface area contributed by atoms with Gasteiger partial charge in [-0.2, -0.15) is 0 Å². The van der Waals surface area contributed by atoms with E-state index in [1.54, 1.807) is 55.5 Å². The first-order chi connectivity index (χ1) is 13.4. The molecule has 0 fully saturated rings. The lowest BCUT2D eigenvalue weighted by Crippen LogP contribution is -2.24. The molecule has 5 nitrogen and oxygen atoms in total. The number of ether oxygens (including phenoxy) is 2. The van der Waals surface area contributed by atoms with Crippen LogP contribution < -0.4 is 9.64 Å². The van der Waals surface area contributed by atoms with Gasteiger partial charge in [-0.05, 0) is 48.9 Å². The Labute approximate surface area is 172 Å². The number of carbonyl (C=O) groups excluding carboxylic acids is 2. The topological polar surface area (TPSA) is 55.8 Å². The largest absolute Gasteiger partial charge is 0.495 e. The average molecular weight is 418 g/mol. The minimum atomic E-state index is -0.590. The Morgan fingerprint density at radius 1 is 1.07 bits per heavy atom. The van der Waals surface area contributed by atoms with Gasteiger partial charge in [0.05, 0.1) is 36.1 Å². The summed E-state index contributed by atoms with van der Waals surface area (Å²) in [5.74, 6) is -0.453. The fourth-order valence-corrected chi connectivity index (χ4v) is 3.39. The molecule has 1 aliphatic rings. The summed E-state index contributed by atoms with van der Waals surface area (Å²) in [6, 6.07) is 11.9. The number of allylic oxidation sites excluding steroid dienone is 1. The smallest absolute Gasteiger partial charge is 0.340 e. The van der Waals surface area contributed by atoms with Gasteiger partial charge in [0.1, 0.15) is 5.75 Å². The van der Waals surface area contributed by atoms with Crippen LogP contribution in [0.15, 0.2) is 59.3 Å². The molecule has 0 atom stereocenters. The third-order valence-electron chi connectivity index (χ3n) is 4.36. The van der Waals surface area contributed by atoms with Gasteiger partial charge in [-0.3, -0.25) is 9.69 Å². The molecule has 1 heterocycles. The third-order valence-corrected chi connectivity index (χ3v) is 4.91. The Bertz CT molecular complexity index is 1010. The highest BCUT2D eigenvalue weighted by Gasteiger charge is 2.38. The van der Waals surface area contributed by atoms with Crippen LogP contribution in [0.5, 0.6) is 5.75 Å². The summed E-state index contributed by atoms with van der Waals surface area (Å²) in [6.45, 7) is 1.69. The van der Waals surface area contributed by atoms with Gasteiger partial charge in [-0.1, -0.05) is 35.3 Å². The lowest BCUT2D eigenvalue weighted by molar-refractivity contribution is -0.136. The van der Waals surface area contributed by atoms with Crippen LogP contribution in [0, 0.1) is 0 Å². The Hall–Kier alpha value is -2.76. The van der Waals surface area contributed by atoms with Crippen molar-refractivity contribution in [2.45, 2.75) is 6.92 Å². The van der Waals surface area contributed by atoms with Crippen LogP contribution in [-0.4, -0.2) is 26.1 Å². The zero-order valence-corrected chi connectivity index (χ0v) is 17.0. The van der Waals surface area contributed by atoms with E-state index in [1.165, 1.54) is 19.1 Å². The monoisotopic (exact) mass is 417 g/mol. The van der Waals surface area contributed by atoms with Gasteiger partial charge in [0.25, 0.3) is 5.91 Å². The van der Waals surface area contributed by atoms with Crippen molar-refractivity contribution in [1.82, 2.24) is 0 Å². The lowest BCUT2D eigenvalue weighted by atomic mass is 10.0. The maximum Gasteiger partial charge on any atom is 0.340 e. The van der Waals surface area contributed by atoms with Crippen molar-refractivity contribution in [2.75, 3.05) is 19.1 Å². The molecule has 0 unspecified atom stereocenters. The van der Waals surface area contributed by atoms with Crippen molar-refractivity contribution < 1.29 is 19.1 Å². The van der Waals surface area contributed by atoms with E-state index < -0.39 is 5.97 Å². The molecule has 1 aliphatic heterocycles. The third kappa shape index (κ3) is 3.63. The molecule has 0 bridgehead atoms. The molecule has 0 aliphatic carbocycles. The number of carbonyl (C=O) groups is 2. The highest BCUT2D eigenvalue weighted by atomic mass is 35.5. The van der Waals surface area contributed by atoms with E-state index in [2.05, 4.69) is 0 Å². The number of hydrogen-bond donors (Lipinski definition) is 0. The quantitative estimate of drug-likeness (QED) is 0.525. The van der Waals surface area contributed by atoms with Crippen LogP contribution in [0.2, 0.25) is 10.0 Å². The number of benzene rings is 2. The number of rotatable bonds is 4. The SMILES string of the molecule is COC(=O)C1=C(C)N(c2ccc(OC)c(Cl)c2)C(=O)/C1=C\c1ccc(Cl)cc1. The fraction of sp³-hybridized carbons (Fsp3) is 0.143. The van der Waals surface area contributed by atoms with Gasteiger partial charge >= 0.3 is 5.97 Å². The summed E-state index contributed by atoms with van der Waals surface area (Å²) >= 11 is 12.1. The number of anilines is 1. The maximum absolute atomic E-state index is 13.2. The summed E-state index contributed by atoms with van der Waals surface area (Å²) in [5, 5.41) is 0.935. The first-order valence-corrected chi connectivity index (χ1v) is 9.07. The Morgan fingerprint density at radius 3 is 2.32 bits per heavy atom. The minimum absolute atomic E-state index is 0.203. The molecule has 0 radical (unpaired) electrons. The predicted molar refractivity (Wildman–Crippen MR) is 110 cm³/mol. The Balaban J connectivity index is 2.12. The van der Waals surface area contributed by atoms with Crippen LogP contribution in [0.25, 0.3) is 6.08 Å². The maximum atomic E-state index is 13.2. The number of esters is 1. The normalized spacial score (nSPS) is 15.4. The molecule has 2 aromatic carbocycles. The van der Waals surface area contributed by atoms with Gasteiger partial charge < -0.3 is 9.47 Å². The van der Waals surface area contributed by atoms with Crippen LogP contribution in [0.3, 0.4) is 0 Å². The molecule has 0 saturated heterocycles. The molecule has 7 heteroatoms. The second-order valence-electron chi connectivity index (χ2n) is 6.02. The van der Waals surface area contributed by atoms with E-state index in [9.17, 15) is 9.59 Å². The number of hydrogen-bond acceptors (Lipinski definition) is 4. The lowest BCUT2D eigenvalue weighted by Gasteiger charge is -2.19. The van der Waals surface area contributed by atoms with Gasteiger partial charge in [0, 0.05) is 10.7 Å². The summed E-state index contributed by atoms with van der Waals surface area (Å²) in [6.07, 6.45) is 1.64. The van der Waals surface area contributed by atoms with E-state index in [4.69, 9.17) is 32.7 Å². The number of amides is 1. The van der Waals surface area contributed by atoms with Crippen molar-refractivity contribution in [3.8, 4) is 5.75 Å². The van der Waals surface area contributed by atoms with Gasteiger partial charge in [-0.25, -0.2) is 4.79 Å². The number of halogens is 2. The van der Waals surface area contributed by atoms with E-state index in [-0.39, 0.29) is 17.1 Å². The summed E-state index contributed by atoms with van der Waals surface area (Å²) < 4.78 is 10.1. The van der Waals surface area contributed by atoms with Crippen LogP contribution in [0.1, 0.15) is 12.5 Å². The second-order valence-corrected chi connectivity index (χ2v) is 6.86. The number of nitrogens with zero attached hydrogens (tertiary/aromatic N) is 1. The van der Waals surface area contributed by atoms with E-state index in [0.717, 1.165) is 5.56 Å². The highest BCUT2D eigenvalue weighted by molar-refractivity contribution is 6.32. The van der Waals surface area contributed by atoms with Gasteiger partial charge in [0.15, 0.2) is 0 Å². The van der Waals surface area contributed by atoms with Crippen molar-refractivity contribution in [1.29, 1.82) is 0 Å². The van der Waals surface area contributed by atoms with Crippen LogP contribution in [0.4, 0.5) is 5.69 Å². The highest BCUT2D eigenvalue weighted by Crippen LogP contribution is 2.38. The fourth-order valence-electron chi connectivity index (χ4n) is 3.01. The van der Waals surface area contributed by atoms with E-state index in [1.807, 2.05) is 0 Å². The molecular formula is C21H17Cl2NO4.